The number of benzene rings is 2. The van der Waals surface area contributed by atoms with Crippen LogP contribution < -0.4 is 5.32 Å². The predicted molar refractivity (Wildman–Crippen MR) is 116 cm³/mol. The Hall–Kier alpha value is -5.00. The Balaban J connectivity index is 1.36. The maximum atomic E-state index is 13.2. The number of rotatable bonds is 7. The number of halogens is 1. The Morgan fingerprint density at radius 3 is 2.62 bits per heavy atom. The molecule has 0 atom stereocenters. The van der Waals surface area contributed by atoms with Crippen LogP contribution in [0.1, 0.15) is 16.1 Å². The molecule has 168 valence electrons. The summed E-state index contributed by atoms with van der Waals surface area (Å²) in [6, 6.07) is 15.5. The van der Waals surface area contributed by atoms with Gasteiger partial charge >= 0.3 is 5.97 Å². The Bertz CT molecular complexity index is 1510. The smallest absolute Gasteiger partial charge is 0.335 e. The van der Waals surface area contributed by atoms with Crippen molar-refractivity contribution < 1.29 is 23.3 Å². The Morgan fingerprint density at radius 1 is 1.03 bits per heavy atom. The highest BCUT2D eigenvalue weighted by atomic mass is 19.1. The number of aromatic nitrogens is 4. The van der Waals surface area contributed by atoms with Crippen LogP contribution in [0.15, 0.2) is 79.9 Å². The molecule has 0 amide bonds. The van der Waals surface area contributed by atoms with Crippen molar-refractivity contribution in [2.24, 2.45) is 10.2 Å². The average Bonchev–Trinajstić information content (AvgIpc) is 3.50. The van der Waals surface area contributed by atoms with Crippen molar-refractivity contribution in [2.45, 2.75) is 6.54 Å². The number of nitrogens with zero attached hydrogens (tertiary/aromatic N) is 6. The molecule has 5 rings (SSSR count). The summed E-state index contributed by atoms with van der Waals surface area (Å²) in [5.74, 6) is -0.0442. The first-order valence-electron chi connectivity index (χ1n) is 9.88. The van der Waals surface area contributed by atoms with Crippen LogP contribution in [0, 0.1) is 5.82 Å². The number of carbonyl (C=O) groups is 1. The molecule has 2 aromatic carbocycles. The number of carboxylic acid groups (broad SMARTS) is 1. The van der Waals surface area contributed by atoms with Crippen molar-refractivity contribution in [3.63, 3.8) is 0 Å². The summed E-state index contributed by atoms with van der Waals surface area (Å²) in [5, 5.41) is 27.7. The van der Waals surface area contributed by atoms with E-state index in [1.807, 2.05) is 0 Å². The van der Waals surface area contributed by atoms with E-state index in [2.05, 4.69) is 40.5 Å². The number of hydrogen-bond acceptors (Lipinski definition) is 10. The van der Waals surface area contributed by atoms with Crippen molar-refractivity contribution in [2.75, 3.05) is 5.32 Å². The van der Waals surface area contributed by atoms with Gasteiger partial charge in [0.25, 0.3) is 0 Å². The molecule has 0 bridgehead atoms. The van der Waals surface area contributed by atoms with Crippen molar-refractivity contribution in [1.82, 2.24) is 20.3 Å². The molecule has 3 heterocycles. The molecule has 0 saturated carbocycles. The zero-order chi connectivity index (χ0) is 23.5. The van der Waals surface area contributed by atoms with Crippen LogP contribution in [0.3, 0.4) is 0 Å². The minimum absolute atomic E-state index is 0.0887. The third-order valence-corrected chi connectivity index (χ3v) is 4.65. The van der Waals surface area contributed by atoms with E-state index in [0.717, 1.165) is 0 Å². The first kappa shape index (κ1) is 20.9. The lowest BCUT2D eigenvalue weighted by Gasteiger charge is -2.06. The lowest BCUT2D eigenvalue weighted by atomic mass is 10.1. The normalized spacial score (nSPS) is 11.3. The highest BCUT2D eigenvalue weighted by Crippen LogP contribution is 2.27. The number of aromatic carboxylic acids is 1. The number of fused-ring (bicyclic) bond motifs is 1. The molecule has 0 fully saturated rings. The van der Waals surface area contributed by atoms with Crippen molar-refractivity contribution in [1.29, 1.82) is 0 Å². The predicted octanol–water partition coefficient (Wildman–Crippen LogP) is 5.14. The monoisotopic (exact) mass is 459 g/mol. The summed E-state index contributed by atoms with van der Waals surface area (Å²) in [4.78, 5) is 19.7. The van der Waals surface area contributed by atoms with Gasteiger partial charge in [-0.1, -0.05) is 12.1 Å². The summed E-state index contributed by atoms with van der Waals surface area (Å²) in [5.41, 5.74) is 1.67. The summed E-state index contributed by atoms with van der Waals surface area (Å²) >= 11 is 0. The van der Waals surface area contributed by atoms with Gasteiger partial charge in [0.15, 0.2) is 5.82 Å². The Labute approximate surface area is 190 Å². The van der Waals surface area contributed by atoms with Crippen LogP contribution in [-0.2, 0) is 6.54 Å². The molecule has 34 heavy (non-hydrogen) atoms. The molecular weight excluding hydrogens is 445 g/mol. The van der Waals surface area contributed by atoms with E-state index in [1.54, 1.807) is 24.3 Å². The Kier molecular flexibility index (Phi) is 5.44. The van der Waals surface area contributed by atoms with Gasteiger partial charge in [0.05, 0.1) is 5.56 Å². The summed E-state index contributed by atoms with van der Waals surface area (Å²) in [7, 11) is 0. The first-order chi connectivity index (χ1) is 16.5. The van der Waals surface area contributed by atoms with Crippen LogP contribution >= 0.6 is 0 Å². The van der Waals surface area contributed by atoms with Gasteiger partial charge < -0.3 is 14.8 Å². The van der Waals surface area contributed by atoms with Gasteiger partial charge in [-0.05, 0) is 58.8 Å². The molecule has 0 aliphatic heterocycles. The van der Waals surface area contributed by atoms with Gasteiger partial charge in [-0.3, -0.25) is 0 Å². The lowest BCUT2D eigenvalue weighted by Crippen LogP contribution is -1.97. The molecular formula is C22H14FN7O4. The molecule has 0 saturated heterocycles. The topological polar surface area (TPSA) is 152 Å². The van der Waals surface area contributed by atoms with Crippen molar-refractivity contribution in [3.8, 4) is 11.3 Å². The molecule has 11 nitrogen and oxygen atoms in total. The molecule has 0 aliphatic carbocycles. The van der Waals surface area contributed by atoms with Gasteiger partial charge in [-0.15, -0.1) is 5.11 Å². The number of nitrogens with one attached hydrogen (secondary N) is 1. The standard InChI is InChI=1S/C22H14FN7O4/c23-14-4-6-15(7-5-14)25-18-19(27-21-20(26-18)29-34-30-21)28-24-11-16-8-9-17(33-16)12-2-1-3-13(10-12)22(31)32/h1-10H,11H2,(H,31,32)(H,25,26,29). The first-order valence-corrected chi connectivity index (χ1v) is 9.88. The van der Waals surface area contributed by atoms with Crippen LogP contribution in [-0.4, -0.2) is 31.4 Å². The molecule has 0 spiro atoms. The quantitative estimate of drug-likeness (QED) is 0.315. The van der Waals surface area contributed by atoms with E-state index >= 15 is 0 Å². The molecule has 12 heteroatoms. The minimum atomic E-state index is -1.02. The maximum Gasteiger partial charge on any atom is 0.335 e. The van der Waals surface area contributed by atoms with Crippen LogP contribution in [0.25, 0.3) is 22.6 Å². The molecule has 3 aromatic heterocycles. The average molecular weight is 459 g/mol. The molecule has 0 unspecified atom stereocenters. The highest BCUT2D eigenvalue weighted by Gasteiger charge is 2.13. The molecule has 0 aliphatic rings. The number of anilines is 2. The Morgan fingerprint density at radius 2 is 1.82 bits per heavy atom. The molecule has 2 N–H and O–H groups in total. The summed E-state index contributed by atoms with van der Waals surface area (Å²) < 4.78 is 23.6. The van der Waals surface area contributed by atoms with Crippen molar-refractivity contribution in [3.05, 3.63) is 77.8 Å². The summed E-state index contributed by atoms with van der Waals surface area (Å²) in [6.07, 6.45) is 0. The zero-order valence-corrected chi connectivity index (χ0v) is 17.2. The largest absolute Gasteiger partial charge is 0.478 e. The van der Waals surface area contributed by atoms with Crippen LogP contribution in [0.4, 0.5) is 21.7 Å². The second-order valence-corrected chi connectivity index (χ2v) is 6.99. The third-order valence-electron chi connectivity index (χ3n) is 4.65. The lowest BCUT2D eigenvalue weighted by molar-refractivity contribution is 0.0697. The second kappa shape index (κ2) is 8.86. The van der Waals surface area contributed by atoms with E-state index in [0.29, 0.717) is 22.8 Å². The molecule has 5 aromatic rings. The third kappa shape index (κ3) is 4.46. The number of azo groups is 1. The fourth-order valence-electron chi connectivity index (χ4n) is 3.05. The zero-order valence-electron chi connectivity index (χ0n) is 17.2. The van der Waals surface area contributed by atoms with Gasteiger partial charge in [-0.25, -0.2) is 18.8 Å². The van der Waals surface area contributed by atoms with Gasteiger partial charge in [0.2, 0.25) is 17.1 Å². The fraction of sp³-hybridized carbons (Fsp3) is 0.0455. The van der Waals surface area contributed by atoms with Gasteiger partial charge in [0, 0.05) is 11.3 Å². The van der Waals surface area contributed by atoms with Crippen LogP contribution in [0.5, 0.6) is 0 Å². The van der Waals surface area contributed by atoms with Crippen LogP contribution in [0.2, 0.25) is 0 Å². The van der Waals surface area contributed by atoms with E-state index in [9.17, 15) is 9.18 Å². The molecule has 0 radical (unpaired) electrons. The van der Waals surface area contributed by atoms with Crippen molar-refractivity contribution >= 4 is 34.6 Å². The van der Waals surface area contributed by atoms with E-state index in [4.69, 9.17) is 9.52 Å². The van der Waals surface area contributed by atoms with E-state index < -0.39 is 5.97 Å². The number of furan rings is 1. The van der Waals surface area contributed by atoms with E-state index in [1.165, 1.54) is 36.4 Å². The van der Waals surface area contributed by atoms with E-state index in [-0.39, 0.29) is 40.9 Å². The highest BCUT2D eigenvalue weighted by molar-refractivity contribution is 5.89. The van der Waals surface area contributed by atoms with Gasteiger partial charge in [-0.2, -0.15) is 10.1 Å². The minimum Gasteiger partial charge on any atom is -0.478 e. The second-order valence-electron chi connectivity index (χ2n) is 6.99. The maximum absolute atomic E-state index is 13.2. The SMILES string of the molecule is O=C(O)c1cccc(-c2ccc(CN=Nc3nc4nonc4nc3Nc3ccc(F)cc3)o2)c1. The fourth-order valence-corrected chi connectivity index (χ4v) is 3.05. The number of carboxylic acids is 1. The number of hydrogen-bond donors (Lipinski definition) is 2. The van der Waals surface area contributed by atoms with Gasteiger partial charge in [0.1, 0.15) is 23.9 Å². The summed E-state index contributed by atoms with van der Waals surface area (Å²) in [6.45, 7) is 0.0887.